The van der Waals surface area contributed by atoms with Crippen LogP contribution >= 0.6 is 11.6 Å². The van der Waals surface area contributed by atoms with Gasteiger partial charge in [-0.2, -0.15) is 0 Å². The molecule has 0 aromatic heterocycles. The first-order chi connectivity index (χ1) is 10.1. The smallest absolute Gasteiger partial charge is 0.125 e. The molecular weight excluding hydrogens is 286 g/mol. The molecule has 21 heavy (non-hydrogen) atoms. The van der Waals surface area contributed by atoms with Crippen LogP contribution < -0.4 is 10.5 Å². The molecule has 1 aliphatic heterocycles. The number of methoxy groups -OCH3 is 1. The summed E-state index contributed by atoms with van der Waals surface area (Å²) >= 11 is 6.41. The van der Waals surface area contributed by atoms with Crippen LogP contribution in [0.25, 0.3) is 0 Å². The summed E-state index contributed by atoms with van der Waals surface area (Å²) < 4.78 is 5.48. The van der Waals surface area contributed by atoms with E-state index < -0.39 is 0 Å². The van der Waals surface area contributed by atoms with E-state index in [1.165, 1.54) is 0 Å². The number of halogens is 1. The third-order valence-corrected chi connectivity index (χ3v) is 4.79. The molecule has 1 fully saturated rings. The number of rotatable bonds is 5. The first-order valence-corrected chi connectivity index (χ1v) is 7.89. The lowest BCUT2D eigenvalue weighted by Gasteiger charge is -2.39. The number of piperidine rings is 1. The molecule has 0 saturated carbocycles. The number of ether oxygens (including phenoxy) is 1. The van der Waals surface area contributed by atoms with Gasteiger partial charge in [0.05, 0.1) is 13.2 Å². The summed E-state index contributed by atoms with van der Waals surface area (Å²) in [5.41, 5.74) is 7.08. The maximum absolute atomic E-state index is 6.41. The lowest BCUT2D eigenvalue weighted by Crippen LogP contribution is -2.45. The molecule has 5 heteroatoms. The van der Waals surface area contributed by atoms with E-state index >= 15 is 0 Å². The maximum atomic E-state index is 6.41. The summed E-state index contributed by atoms with van der Waals surface area (Å²) in [6.45, 7) is 2.63. The van der Waals surface area contributed by atoms with Crippen molar-refractivity contribution in [2.24, 2.45) is 5.73 Å². The summed E-state index contributed by atoms with van der Waals surface area (Å²) in [4.78, 5) is 4.74. The van der Waals surface area contributed by atoms with Gasteiger partial charge in [-0.3, -0.25) is 4.90 Å². The standard InChI is InChI=1S/C16H26ClN3O/c1-19(2)12-7-9-20(10-8-12)14(11-18)16-13(17)5-4-6-15(16)21-3/h4-6,12,14H,7-11,18H2,1-3H3. The minimum atomic E-state index is 0.122. The Bertz CT molecular complexity index is 459. The van der Waals surface area contributed by atoms with Crippen molar-refractivity contribution in [1.82, 2.24) is 9.80 Å². The normalized spacial score (nSPS) is 19.0. The van der Waals surface area contributed by atoms with Gasteiger partial charge in [-0.25, -0.2) is 0 Å². The Morgan fingerprint density at radius 1 is 1.38 bits per heavy atom. The predicted molar refractivity (Wildman–Crippen MR) is 88.1 cm³/mol. The second-order valence-corrected chi connectivity index (χ2v) is 6.25. The number of nitrogens with two attached hydrogens (primary N) is 1. The van der Waals surface area contributed by atoms with Gasteiger partial charge in [0.25, 0.3) is 0 Å². The lowest BCUT2D eigenvalue weighted by molar-refractivity contribution is 0.109. The molecule has 0 bridgehead atoms. The van der Waals surface area contributed by atoms with E-state index in [2.05, 4.69) is 23.9 Å². The fourth-order valence-electron chi connectivity index (χ4n) is 3.18. The zero-order valence-electron chi connectivity index (χ0n) is 13.2. The van der Waals surface area contributed by atoms with Crippen molar-refractivity contribution in [3.63, 3.8) is 0 Å². The molecule has 118 valence electrons. The third kappa shape index (κ3) is 3.69. The van der Waals surface area contributed by atoms with Crippen LogP contribution in [0, 0.1) is 0 Å². The maximum Gasteiger partial charge on any atom is 0.125 e. The van der Waals surface area contributed by atoms with E-state index in [0.29, 0.717) is 12.6 Å². The highest BCUT2D eigenvalue weighted by Gasteiger charge is 2.29. The van der Waals surface area contributed by atoms with Gasteiger partial charge in [-0.15, -0.1) is 0 Å². The van der Waals surface area contributed by atoms with Crippen molar-refractivity contribution in [3.8, 4) is 5.75 Å². The van der Waals surface area contributed by atoms with E-state index in [4.69, 9.17) is 22.1 Å². The molecule has 1 atom stereocenters. The Hall–Kier alpha value is -0.810. The van der Waals surface area contributed by atoms with Crippen LogP contribution in [0.1, 0.15) is 24.4 Å². The van der Waals surface area contributed by atoms with E-state index in [-0.39, 0.29) is 6.04 Å². The molecule has 1 unspecified atom stereocenters. The highest BCUT2D eigenvalue weighted by Crippen LogP contribution is 2.36. The summed E-state index contributed by atoms with van der Waals surface area (Å²) in [6, 6.07) is 6.56. The van der Waals surface area contributed by atoms with Crippen LogP contribution in [0.2, 0.25) is 5.02 Å². The van der Waals surface area contributed by atoms with Crippen LogP contribution in [0.4, 0.5) is 0 Å². The van der Waals surface area contributed by atoms with E-state index in [1.807, 2.05) is 18.2 Å². The molecule has 1 heterocycles. The minimum Gasteiger partial charge on any atom is -0.496 e. The van der Waals surface area contributed by atoms with Crippen molar-refractivity contribution in [2.45, 2.75) is 24.9 Å². The van der Waals surface area contributed by atoms with Crippen LogP contribution in [0.5, 0.6) is 5.75 Å². The minimum absolute atomic E-state index is 0.122. The number of likely N-dealkylation sites (tertiary alicyclic amines) is 1. The quantitative estimate of drug-likeness (QED) is 0.906. The van der Waals surface area contributed by atoms with Gasteiger partial charge in [-0.1, -0.05) is 17.7 Å². The number of nitrogens with zero attached hydrogens (tertiary/aromatic N) is 2. The molecule has 4 nitrogen and oxygen atoms in total. The molecule has 1 aliphatic rings. The van der Waals surface area contributed by atoms with E-state index in [9.17, 15) is 0 Å². The number of hydrogen-bond donors (Lipinski definition) is 1. The van der Waals surface area contributed by atoms with E-state index in [1.54, 1.807) is 7.11 Å². The monoisotopic (exact) mass is 311 g/mol. The highest BCUT2D eigenvalue weighted by molar-refractivity contribution is 6.31. The summed E-state index contributed by atoms with van der Waals surface area (Å²) in [7, 11) is 5.98. The van der Waals surface area contributed by atoms with Crippen LogP contribution in [0.3, 0.4) is 0 Å². The second kappa shape index (κ2) is 7.45. The Morgan fingerprint density at radius 3 is 2.57 bits per heavy atom. The first-order valence-electron chi connectivity index (χ1n) is 7.51. The Labute approximate surface area is 132 Å². The van der Waals surface area contributed by atoms with Gasteiger partial charge in [-0.05, 0) is 39.1 Å². The molecule has 1 aromatic rings. The highest BCUT2D eigenvalue weighted by atomic mass is 35.5. The van der Waals surface area contributed by atoms with Crippen LogP contribution in [-0.2, 0) is 0 Å². The topological polar surface area (TPSA) is 41.7 Å². The molecule has 1 aromatic carbocycles. The average Bonchev–Trinajstić information content (AvgIpc) is 2.50. The summed E-state index contributed by atoms with van der Waals surface area (Å²) in [5.74, 6) is 0.827. The SMILES string of the molecule is COc1cccc(Cl)c1C(CN)N1CCC(N(C)C)CC1. The van der Waals surface area contributed by atoms with Crippen LogP contribution in [0.15, 0.2) is 18.2 Å². The van der Waals surface area contributed by atoms with Gasteiger partial charge in [0, 0.05) is 36.3 Å². The Balaban J connectivity index is 2.18. The van der Waals surface area contributed by atoms with Crippen molar-refractivity contribution in [1.29, 1.82) is 0 Å². The number of hydrogen-bond acceptors (Lipinski definition) is 4. The summed E-state index contributed by atoms with van der Waals surface area (Å²) in [5, 5.41) is 0.736. The Kier molecular flexibility index (Phi) is 5.88. The van der Waals surface area contributed by atoms with Gasteiger partial charge in [0.2, 0.25) is 0 Å². The van der Waals surface area contributed by atoms with Gasteiger partial charge in [0.1, 0.15) is 5.75 Å². The molecule has 1 saturated heterocycles. The van der Waals surface area contributed by atoms with Crippen LogP contribution in [-0.4, -0.2) is 56.7 Å². The second-order valence-electron chi connectivity index (χ2n) is 5.84. The van der Waals surface area contributed by atoms with Crippen molar-refractivity contribution in [3.05, 3.63) is 28.8 Å². The summed E-state index contributed by atoms with van der Waals surface area (Å²) in [6.07, 6.45) is 2.33. The van der Waals surface area contributed by atoms with Gasteiger partial charge in [0.15, 0.2) is 0 Å². The fraction of sp³-hybridized carbons (Fsp3) is 0.625. The molecule has 2 N–H and O–H groups in total. The molecule has 0 radical (unpaired) electrons. The lowest BCUT2D eigenvalue weighted by atomic mass is 9.98. The Morgan fingerprint density at radius 2 is 2.05 bits per heavy atom. The van der Waals surface area contributed by atoms with Crippen molar-refractivity contribution in [2.75, 3.05) is 40.8 Å². The largest absolute Gasteiger partial charge is 0.496 e. The zero-order valence-corrected chi connectivity index (χ0v) is 13.9. The molecule has 0 spiro atoms. The molecule has 2 rings (SSSR count). The number of benzene rings is 1. The van der Waals surface area contributed by atoms with E-state index in [0.717, 1.165) is 42.3 Å². The molecule has 0 aliphatic carbocycles. The molecular formula is C16H26ClN3O. The first kappa shape index (κ1) is 16.6. The predicted octanol–water partition coefficient (Wildman–Crippen LogP) is 2.37. The average molecular weight is 312 g/mol. The third-order valence-electron chi connectivity index (χ3n) is 4.46. The van der Waals surface area contributed by atoms with Gasteiger partial charge < -0.3 is 15.4 Å². The molecule has 0 amide bonds. The fourth-order valence-corrected chi connectivity index (χ4v) is 3.47. The van der Waals surface area contributed by atoms with Crippen molar-refractivity contribution >= 4 is 11.6 Å². The van der Waals surface area contributed by atoms with Gasteiger partial charge >= 0.3 is 0 Å². The van der Waals surface area contributed by atoms with Crippen molar-refractivity contribution < 1.29 is 4.74 Å². The zero-order chi connectivity index (χ0) is 15.4.